The Morgan fingerprint density at radius 2 is 2.00 bits per heavy atom. The number of anilines is 1. The van der Waals surface area contributed by atoms with Crippen molar-refractivity contribution >= 4 is 33.5 Å². The maximum Gasteiger partial charge on any atom is 0.306 e. The van der Waals surface area contributed by atoms with Crippen LogP contribution < -0.4 is 5.32 Å². The number of piperidine rings is 1. The molecular formula is C16H21BrN2O3. The Hall–Kier alpha value is -1.40. The van der Waals surface area contributed by atoms with Gasteiger partial charge in [0.2, 0.25) is 5.91 Å². The van der Waals surface area contributed by atoms with E-state index in [9.17, 15) is 9.59 Å². The lowest BCUT2D eigenvalue weighted by Crippen LogP contribution is -2.47. The van der Waals surface area contributed by atoms with Gasteiger partial charge < -0.3 is 10.4 Å². The van der Waals surface area contributed by atoms with E-state index in [1.807, 2.05) is 36.9 Å². The summed E-state index contributed by atoms with van der Waals surface area (Å²) in [5.74, 6) is -1.09. The van der Waals surface area contributed by atoms with E-state index in [0.717, 1.165) is 15.7 Å². The average molecular weight is 369 g/mol. The molecule has 2 rings (SSSR count). The largest absolute Gasteiger partial charge is 0.481 e. The Kier molecular flexibility index (Phi) is 5.58. The smallest absolute Gasteiger partial charge is 0.306 e. The summed E-state index contributed by atoms with van der Waals surface area (Å²) < 4.78 is 0.859. The number of halogens is 1. The van der Waals surface area contributed by atoms with Gasteiger partial charge in [-0.3, -0.25) is 14.5 Å². The number of nitrogens with one attached hydrogen (secondary N) is 1. The first kappa shape index (κ1) is 17.0. The number of aryl methyl sites for hydroxylation is 1. The SMILES string of the molecule is Cc1ccc(NC(=O)C(C)N2CCC(C(=O)O)CC2)c(Br)c1. The number of nitrogens with zero attached hydrogens (tertiary/aromatic N) is 1. The maximum atomic E-state index is 12.4. The molecule has 6 heteroatoms. The predicted molar refractivity (Wildman–Crippen MR) is 88.9 cm³/mol. The van der Waals surface area contributed by atoms with Crippen LogP contribution in [0.1, 0.15) is 25.3 Å². The summed E-state index contributed by atoms with van der Waals surface area (Å²) in [7, 11) is 0. The number of carboxylic acids is 1. The lowest BCUT2D eigenvalue weighted by molar-refractivity contribution is -0.143. The molecule has 0 spiro atoms. The monoisotopic (exact) mass is 368 g/mol. The van der Waals surface area contributed by atoms with Gasteiger partial charge in [0.05, 0.1) is 17.6 Å². The summed E-state index contributed by atoms with van der Waals surface area (Å²) in [5.41, 5.74) is 1.87. The second-order valence-corrected chi connectivity index (χ2v) is 6.65. The van der Waals surface area contributed by atoms with Crippen LogP contribution in [0.4, 0.5) is 5.69 Å². The average Bonchev–Trinajstić information content (AvgIpc) is 2.49. The van der Waals surface area contributed by atoms with E-state index in [-0.39, 0.29) is 17.9 Å². The molecule has 0 radical (unpaired) electrons. The highest BCUT2D eigenvalue weighted by atomic mass is 79.9. The molecule has 22 heavy (non-hydrogen) atoms. The first-order valence-corrected chi connectivity index (χ1v) is 8.21. The Labute approximate surface area is 138 Å². The highest BCUT2D eigenvalue weighted by Gasteiger charge is 2.29. The molecule has 0 aromatic heterocycles. The predicted octanol–water partition coefficient (Wildman–Crippen LogP) is 2.88. The lowest BCUT2D eigenvalue weighted by atomic mass is 9.96. The molecule has 0 aliphatic carbocycles. The molecule has 1 amide bonds. The first-order chi connectivity index (χ1) is 10.4. The molecule has 1 aliphatic heterocycles. The molecule has 0 saturated carbocycles. The number of benzene rings is 1. The third kappa shape index (κ3) is 4.08. The molecule has 1 atom stereocenters. The van der Waals surface area contributed by atoms with Gasteiger partial charge in [-0.05, 0) is 73.4 Å². The molecule has 1 saturated heterocycles. The van der Waals surface area contributed by atoms with Crippen LogP contribution in [0.25, 0.3) is 0 Å². The van der Waals surface area contributed by atoms with Crippen molar-refractivity contribution in [2.24, 2.45) is 5.92 Å². The normalized spacial score (nSPS) is 18.0. The van der Waals surface area contributed by atoms with Gasteiger partial charge in [-0.15, -0.1) is 0 Å². The molecule has 1 aliphatic rings. The zero-order valence-corrected chi connectivity index (χ0v) is 14.4. The Bertz CT molecular complexity index is 569. The van der Waals surface area contributed by atoms with Gasteiger partial charge in [0.15, 0.2) is 0 Å². The molecule has 1 aromatic carbocycles. The fraction of sp³-hybridized carbons (Fsp3) is 0.500. The van der Waals surface area contributed by atoms with Gasteiger partial charge in [-0.25, -0.2) is 0 Å². The van der Waals surface area contributed by atoms with Crippen molar-refractivity contribution in [2.75, 3.05) is 18.4 Å². The van der Waals surface area contributed by atoms with E-state index >= 15 is 0 Å². The van der Waals surface area contributed by atoms with E-state index in [0.29, 0.717) is 25.9 Å². The number of aliphatic carboxylic acids is 1. The maximum absolute atomic E-state index is 12.4. The number of carboxylic acid groups (broad SMARTS) is 1. The minimum Gasteiger partial charge on any atom is -0.481 e. The van der Waals surface area contributed by atoms with Crippen LogP contribution in [0, 0.1) is 12.8 Å². The zero-order chi connectivity index (χ0) is 16.3. The number of amides is 1. The van der Waals surface area contributed by atoms with E-state index in [1.54, 1.807) is 0 Å². The van der Waals surface area contributed by atoms with Gasteiger partial charge in [0, 0.05) is 4.47 Å². The molecule has 1 aromatic rings. The second-order valence-electron chi connectivity index (χ2n) is 5.80. The minimum absolute atomic E-state index is 0.0710. The molecule has 1 fully saturated rings. The molecule has 1 heterocycles. The molecule has 5 nitrogen and oxygen atoms in total. The number of likely N-dealkylation sites (tertiary alicyclic amines) is 1. The van der Waals surface area contributed by atoms with Crippen molar-refractivity contribution in [1.29, 1.82) is 0 Å². The molecule has 0 bridgehead atoms. The molecular weight excluding hydrogens is 348 g/mol. The van der Waals surface area contributed by atoms with Crippen LogP contribution in [0.2, 0.25) is 0 Å². The Morgan fingerprint density at radius 1 is 1.36 bits per heavy atom. The summed E-state index contributed by atoms with van der Waals surface area (Å²) >= 11 is 3.45. The number of rotatable bonds is 4. The van der Waals surface area contributed by atoms with Crippen LogP contribution >= 0.6 is 15.9 Å². The molecule has 120 valence electrons. The highest BCUT2D eigenvalue weighted by molar-refractivity contribution is 9.10. The number of hydrogen-bond acceptors (Lipinski definition) is 3. The summed E-state index contributed by atoms with van der Waals surface area (Å²) in [5, 5.41) is 11.9. The third-order valence-corrected chi connectivity index (χ3v) is 4.84. The fourth-order valence-electron chi connectivity index (χ4n) is 2.66. The minimum atomic E-state index is -0.736. The lowest BCUT2D eigenvalue weighted by Gasteiger charge is -2.33. The van der Waals surface area contributed by atoms with E-state index < -0.39 is 5.97 Å². The van der Waals surface area contributed by atoms with E-state index in [1.165, 1.54) is 0 Å². The Balaban J connectivity index is 1.94. The number of carbonyl (C=O) groups is 2. The van der Waals surface area contributed by atoms with E-state index in [4.69, 9.17) is 5.11 Å². The van der Waals surface area contributed by atoms with Crippen molar-refractivity contribution in [2.45, 2.75) is 32.7 Å². The van der Waals surface area contributed by atoms with Crippen LogP contribution in [0.5, 0.6) is 0 Å². The van der Waals surface area contributed by atoms with Crippen LogP contribution in [0.15, 0.2) is 22.7 Å². The zero-order valence-electron chi connectivity index (χ0n) is 12.8. The quantitative estimate of drug-likeness (QED) is 0.856. The van der Waals surface area contributed by atoms with Crippen molar-refractivity contribution in [3.8, 4) is 0 Å². The van der Waals surface area contributed by atoms with Gasteiger partial charge in [0.25, 0.3) is 0 Å². The number of hydrogen-bond donors (Lipinski definition) is 2. The standard InChI is InChI=1S/C16H21BrN2O3/c1-10-3-4-14(13(17)9-10)18-15(20)11(2)19-7-5-12(6-8-19)16(21)22/h3-4,9,11-12H,5-8H2,1-2H3,(H,18,20)(H,21,22). The molecule has 1 unspecified atom stereocenters. The van der Waals surface area contributed by atoms with Crippen LogP contribution in [-0.2, 0) is 9.59 Å². The first-order valence-electron chi connectivity index (χ1n) is 7.42. The highest BCUT2D eigenvalue weighted by Crippen LogP contribution is 2.24. The van der Waals surface area contributed by atoms with Crippen molar-refractivity contribution in [3.05, 3.63) is 28.2 Å². The van der Waals surface area contributed by atoms with Crippen LogP contribution in [0.3, 0.4) is 0 Å². The van der Waals surface area contributed by atoms with Crippen LogP contribution in [-0.4, -0.2) is 41.0 Å². The third-order valence-electron chi connectivity index (χ3n) is 4.19. The van der Waals surface area contributed by atoms with Crippen molar-refractivity contribution in [3.63, 3.8) is 0 Å². The summed E-state index contributed by atoms with van der Waals surface area (Å²) in [6, 6.07) is 5.51. The van der Waals surface area contributed by atoms with E-state index in [2.05, 4.69) is 21.2 Å². The summed E-state index contributed by atoms with van der Waals surface area (Å²) in [6.45, 7) is 5.13. The van der Waals surface area contributed by atoms with Gasteiger partial charge in [-0.2, -0.15) is 0 Å². The fourth-order valence-corrected chi connectivity index (χ4v) is 3.25. The second kappa shape index (κ2) is 7.24. The Morgan fingerprint density at radius 3 is 2.55 bits per heavy atom. The van der Waals surface area contributed by atoms with Gasteiger partial charge in [0.1, 0.15) is 0 Å². The topological polar surface area (TPSA) is 69.6 Å². The van der Waals surface area contributed by atoms with Crippen molar-refractivity contribution in [1.82, 2.24) is 4.90 Å². The van der Waals surface area contributed by atoms with Crippen molar-refractivity contribution < 1.29 is 14.7 Å². The van der Waals surface area contributed by atoms with Gasteiger partial charge >= 0.3 is 5.97 Å². The number of carbonyl (C=O) groups excluding carboxylic acids is 1. The molecule has 2 N–H and O–H groups in total. The summed E-state index contributed by atoms with van der Waals surface area (Å²) in [4.78, 5) is 25.4. The summed E-state index contributed by atoms with van der Waals surface area (Å²) in [6.07, 6.45) is 1.20. The van der Waals surface area contributed by atoms with Gasteiger partial charge in [-0.1, -0.05) is 6.07 Å².